The lowest BCUT2D eigenvalue weighted by atomic mass is 9.96. The number of carbonyl (C=O) groups is 2. The number of carboxylic acid groups (broad SMARTS) is 1. The standard InChI is InChI=1S/C35H36N2O6/c1-35(33(38)39,43-31-13-7-4-8-14-31)23-26-16-18-29(19-17-26)41-21-20-28-25-37(34(40)36(28)2)24-27-10-9-15-32(22-27)42-30-11-5-3-6-12-30/h3-19,22,28H,20-21,23-25H2,1-2H3,(H,38,39)/t28-,35-/m0/s1. The van der Waals surface area contributed by atoms with Gasteiger partial charge in [0.25, 0.3) is 0 Å². The fourth-order valence-electron chi connectivity index (χ4n) is 5.11. The van der Waals surface area contributed by atoms with Gasteiger partial charge in [-0.3, -0.25) is 0 Å². The van der Waals surface area contributed by atoms with Crippen molar-refractivity contribution in [1.29, 1.82) is 0 Å². The Kier molecular flexibility index (Phi) is 9.15. The van der Waals surface area contributed by atoms with Crippen LogP contribution in [0.4, 0.5) is 4.79 Å². The molecule has 4 aromatic carbocycles. The van der Waals surface area contributed by atoms with E-state index in [-0.39, 0.29) is 18.5 Å². The number of rotatable bonds is 13. The summed E-state index contributed by atoms with van der Waals surface area (Å²) in [5, 5.41) is 9.85. The summed E-state index contributed by atoms with van der Waals surface area (Å²) in [7, 11) is 1.83. The van der Waals surface area contributed by atoms with Gasteiger partial charge in [-0.15, -0.1) is 0 Å². The summed E-state index contributed by atoms with van der Waals surface area (Å²) in [4.78, 5) is 28.6. The average molecular weight is 581 g/mol. The van der Waals surface area contributed by atoms with Gasteiger partial charge in [0.05, 0.1) is 12.6 Å². The molecule has 1 aliphatic heterocycles. The van der Waals surface area contributed by atoms with Crippen molar-refractivity contribution in [2.45, 2.75) is 38.0 Å². The van der Waals surface area contributed by atoms with Crippen LogP contribution in [0.2, 0.25) is 0 Å². The first-order valence-corrected chi connectivity index (χ1v) is 14.3. The molecule has 2 amide bonds. The van der Waals surface area contributed by atoms with Gasteiger partial charge in [0.2, 0.25) is 5.60 Å². The molecule has 8 nitrogen and oxygen atoms in total. The second-order valence-corrected chi connectivity index (χ2v) is 10.9. The summed E-state index contributed by atoms with van der Waals surface area (Å²) in [5.41, 5.74) is 0.411. The maximum absolute atomic E-state index is 13.0. The van der Waals surface area contributed by atoms with Crippen molar-refractivity contribution in [1.82, 2.24) is 9.80 Å². The van der Waals surface area contributed by atoms with Crippen molar-refractivity contribution in [3.05, 3.63) is 120 Å². The lowest BCUT2D eigenvalue weighted by Gasteiger charge is -2.26. The highest BCUT2D eigenvalue weighted by molar-refractivity contribution is 5.78. The molecule has 1 aliphatic rings. The molecule has 0 aromatic heterocycles. The van der Waals surface area contributed by atoms with E-state index in [0.29, 0.717) is 37.6 Å². The largest absolute Gasteiger partial charge is 0.494 e. The smallest absolute Gasteiger partial charge is 0.348 e. The first kappa shape index (κ1) is 29.5. The molecule has 0 radical (unpaired) electrons. The van der Waals surface area contributed by atoms with Gasteiger partial charge in [-0.2, -0.15) is 0 Å². The molecule has 0 bridgehead atoms. The van der Waals surface area contributed by atoms with Gasteiger partial charge < -0.3 is 29.1 Å². The van der Waals surface area contributed by atoms with Crippen molar-refractivity contribution < 1.29 is 28.9 Å². The van der Waals surface area contributed by atoms with Gasteiger partial charge in [-0.05, 0) is 66.6 Å². The average Bonchev–Trinajstić information content (AvgIpc) is 3.27. The molecule has 1 heterocycles. The SMILES string of the molecule is CN1C(=O)N(Cc2cccc(Oc3ccccc3)c2)C[C@@H]1CCOc1ccc(C[C@](C)(Oc2ccccc2)C(=O)O)cc1. The van der Waals surface area contributed by atoms with Gasteiger partial charge in [0, 0.05) is 33.0 Å². The number of benzene rings is 4. The zero-order valence-corrected chi connectivity index (χ0v) is 24.4. The van der Waals surface area contributed by atoms with Crippen LogP contribution in [0.25, 0.3) is 0 Å². The Bertz CT molecular complexity index is 1510. The number of ether oxygens (including phenoxy) is 3. The monoisotopic (exact) mass is 580 g/mol. The molecule has 1 fully saturated rings. The van der Waals surface area contributed by atoms with Gasteiger partial charge in [-0.25, -0.2) is 9.59 Å². The Morgan fingerprint density at radius 1 is 0.837 bits per heavy atom. The molecule has 8 heteroatoms. The number of likely N-dealkylation sites (N-methyl/N-ethyl adjacent to an activating group) is 1. The normalized spacial score (nSPS) is 16.0. The molecular weight excluding hydrogens is 544 g/mol. The molecule has 1 saturated heterocycles. The third kappa shape index (κ3) is 7.65. The van der Waals surface area contributed by atoms with Crippen molar-refractivity contribution in [2.75, 3.05) is 20.2 Å². The molecule has 0 unspecified atom stereocenters. The van der Waals surface area contributed by atoms with Crippen LogP contribution < -0.4 is 14.2 Å². The second kappa shape index (κ2) is 13.3. The zero-order valence-electron chi connectivity index (χ0n) is 24.4. The predicted octanol–water partition coefficient (Wildman–Crippen LogP) is 6.65. The number of hydrogen-bond donors (Lipinski definition) is 1. The van der Waals surface area contributed by atoms with Crippen molar-refractivity contribution in [3.8, 4) is 23.0 Å². The van der Waals surface area contributed by atoms with Crippen molar-refractivity contribution >= 4 is 12.0 Å². The molecule has 0 aliphatic carbocycles. The maximum Gasteiger partial charge on any atom is 0.348 e. The van der Waals surface area contributed by atoms with Gasteiger partial charge in [0.1, 0.15) is 23.0 Å². The molecule has 43 heavy (non-hydrogen) atoms. The van der Waals surface area contributed by atoms with Gasteiger partial charge in [0.15, 0.2) is 0 Å². The van der Waals surface area contributed by atoms with Crippen molar-refractivity contribution in [2.24, 2.45) is 0 Å². The van der Waals surface area contributed by atoms with Gasteiger partial charge in [-0.1, -0.05) is 60.7 Å². The Morgan fingerprint density at radius 3 is 2.16 bits per heavy atom. The first-order valence-electron chi connectivity index (χ1n) is 14.3. The van der Waals surface area contributed by atoms with E-state index in [0.717, 1.165) is 22.6 Å². The molecular formula is C35H36N2O6. The topological polar surface area (TPSA) is 88.5 Å². The molecule has 1 N–H and O–H groups in total. The van der Waals surface area contributed by atoms with Crippen molar-refractivity contribution in [3.63, 3.8) is 0 Å². The fraction of sp³-hybridized carbons (Fsp3) is 0.257. The first-order chi connectivity index (χ1) is 20.8. The zero-order chi connectivity index (χ0) is 30.2. The van der Waals surface area contributed by atoms with E-state index in [1.807, 2.05) is 109 Å². The number of carbonyl (C=O) groups excluding carboxylic acids is 1. The highest BCUT2D eigenvalue weighted by Crippen LogP contribution is 2.26. The van der Waals surface area contributed by atoms with Crippen LogP contribution in [-0.4, -0.2) is 58.7 Å². The Labute approximate surface area is 252 Å². The van der Waals surface area contributed by atoms with Crippen LogP contribution in [0.5, 0.6) is 23.0 Å². The molecule has 0 spiro atoms. The Hall–Kier alpha value is -4.98. The molecule has 4 aromatic rings. The lowest BCUT2D eigenvalue weighted by Crippen LogP contribution is -2.43. The minimum Gasteiger partial charge on any atom is -0.494 e. The summed E-state index contributed by atoms with van der Waals surface area (Å²) in [6, 6.07) is 33.8. The number of urea groups is 1. The fourth-order valence-corrected chi connectivity index (χ4v) is 5.11. The lowest BCUT2D eigenvalue weighted by molar-refractivity contribution is -0.153. The number of para-hydroxylation sites is 2. The highest BCUT2D eigenvalue weighted by atomic mass is 16.5. The minimum absolute atomic E-state index is 0.0112. The Balaban J connectivity index is 1.11. The van der Waals surface area contributed by atoms with Gasteiger partial charge >= 0.3 is 12.0 Å². The molecule has 5 rings (SSSR count). The summed E-state index contributed by atoms with van der Waals surface area (Å²) in [6.45, 7) is 3.12. The van der Waals surface area contributed by atoms with E-state index >= 15 is 0 Å². The van der Waals surface area contributed by atoms with Crippen LogP contribution >= 0.6 is 0 Å². The number of aliphatic carboxylic acids is 1. The predicted molar refractivity (Wildman–Crippen MR) is 164 cm³/mol. The minimum atomic E-state index is -1.41. The highest BCUT2D eigenvalue weighted by Gasteiger charge is 2.36. The summed E-state index contributed by atoms with van der Waals surface area (Å²) in [6.07, 6.45) is 0.878. The van der Waals surface area contributed by atoms with E-state index < -0.39 is 11.6 Å². The van der Waals surface area contributed by atoms with Crippen LogP contribution in [0.3, 0.4) is 0 Å². The van der Waals surface area contributed by atoms with E-state index in [2.05, 4.69) is 0 Å². The third-order valence-corrected chi connectivity index (χ3v) is 7.53. The van der Waals surface area contributed by atoms with E-state index in [4.69, 9.17) is 14.2 Å². The van der Waals surface area contributed by atoms with Crippen LogP contribution in [0.1, 0.15) is 24.5 Å². The van der Waals surface area contributed by atoms with E-state index in [9.17, 15) is 14.7 Å². The molecule has 0 saturated carbocycles. The summed E-state index contributed by atoms with van der Waals surface area (Å²) >= 11 is 0. The van der Waals surface area contributed by atoms with Crippen LogP contribution in [-0.2, 0) is 17.8 Å². The third-order valence-electron chi connectivity index (χ3n) is 7.53. The summed E-state index contributed by atoms with van der Waals surface area (Å²) in [5.74, 6) is 1.66. The molecule has 222 valence electrons. The number of hydrogen-bond acceptors (Lipinski definition) is 5. The second-order valence-electron chi connectivity index (χ2n) is 10.9. The Morgan fingerprint density at radius 2 is 1.49 bits per heavy atom. The summed E-state index contributed by atoms with van der Waals surface area (Å²) < 4.78 is 17.8. The maximum atomic E-state index is 13.0. The van der Waals surface area contributed by atoms with E-state index in [1.165, 1.54) is 0 Å². The van der Waals surface area contributed by atoms with E-state index in [1.54, 1.807) is 24.0 Å². The van der Waals surface area contributed by atoms with Crippen LogP contribution in [0, 0.1) is 0 Å². The molecule has 2 atom stereocenters. The number of carboxylic acids is 1. The quantitative estimate of drug-likeness (QED) is 0.191. The number of amides is 2. The van der Waals surface area contributed by atoms with Crippen LogP contribution in [0.15, 0.2) is 109 Å². The number of nitrogens with zero attached hydrogens (tertiary/aromatic N) is 2.